The fraction of sp³-hybridized carbons (Fsp3) is 1.00. The fourth-order valence-electron chi connectivity index (χ4n) is 0.642. The molecule has 0 aromatic rings. The Bertz CT molecular complexity index is 56.9. The van der Waals surface area contributed by atoms with Gasteiger partial charge >= 0.3 is 0 Å². The van der Waals surface area contributed by atoms with E-state index < -0.39 is 0 Å². The van der Waals surface area contributed by atoms with E-state index in [2.05, 4.69) is 4.89 Å². The maximum Gasteiger partial charge on any atom is 0.0902 e. The molecule has 1 rings (SSSR count). The first-order valence-corrected chi connectivity index (χ1v) is 2.68. The van der Waals surface area contributed by atoms with Gasteiger partial charge in [0.2, 0.25) is 0 Å². The minimum atomic E-state index is 0. The first kappa shape index (κ1) is 11.9. The predicted octanol–water partition coefficient (Wildman–Crippen LogP) is 1.70. The van der Waals surface area contributed by atoms with Gasteiger partial charge in [0, 0.05) is 0 Å². The van der Waals surface area contributed by atoms with E-state index in [1.807, 2.05) is 6.92 Å². The third-order valence-corrected chi connectivity index (χ3v) is 1.07. The normalized spacial score (nSPS) is 25.7. The molecule has 0 saturated carbocycles. The largest absolute Gasteiger partial charge is 0.344 e. The van der Waals surface area contributed by atoms with Crippen LogP contribution in [0.2, 0.25) is 0 Å². The van der Waals surface area contributed by atoms with Gasteiger partial charge in [-0.2, -0.15) is 0 Å². The van der Waals surface area contributed by atoms with Gasteiger partial charge in [0.15, 0.2) is 0 Å². The van der Waals surface area contributed by atoms with Crippen LogP contribution in [0.25, 0.3) is 0 Å². The molecule has 0 aromatic heterocycles. The molecule has 0 amide bonds. The molecule has 3 N–H and O–H groups in total. The predicted molar refractivity (Wildman–Crippen MR) is 38.0 cm³/mol. The van der Waals surface area contributed by atoms with Gasteiger partial charge in [-0.1, -0.05) is 0 Å². The number of halogens is 1. The topological polar surface area (TPSA) is 53.5 Å². The van der Waals surface area contributed by atoms with E-state index in [4.69, 9.17) is 4.89 Å². The molecule has 1 aliphatic rings. The lowest BCUT2D eigenvalue weighted by atomic mass is 10.2. The highest BCUT2D eigenvalue weighted by atomic mass is 35.5. The Morgan fingerprint density at radius 2 is 2.11 bits per heavy atom. The van der Waals surface area contributed by atoms with E-state index in [1.54, 1.807) is 0 Å². The molecule has 0 aromatic carbocycles. The molecule has 1 atom stereocenters. The summed E-state index contributed by atoms with van der Waals surface area (Å²) in [5.74, 6) is 0. The van der Waals surface area contributed by atoms with E-state index in [1.165, 1.54) is 0 Å². The van der Waals surface area contributed by atoms with Crippen molar-refractivity contribution in [1.82, 2.24) is 6.15 Å². The van der Waals surface area contributed by atoms with Crippen LogP contribution in [-0.4, -0.2) is 12.7 Å². The van der Waals surface area contributed by atoms with Crippen LogP contribution in [0.3, 0.4) is 0 Å². The van der Waals surface area contributed by atoms with Gasteiger partial charge in [0.25, 0.3) is 0 Å². The molecule has 0 bridgehead atoms. The highest BCUT2D eigenvalue weighted by Crippen LogP contribution is 2.07. The first-order chi connectivity index (χ1) is 3.39. The molecule has 1 heterocycles. The quantitative estimate of drug-likeness (QED) is 0.542. The standard InChI is InChI=1S/C5H10O2.ClH.H3N/c1-5-3-2-4-6-7-5;;/h5H,2-4H2,1H3;1H;1H3. The lowest BCUT2D eigenvalue weighted by molar-refractivity contribution is -0.340. The summed E-state index contributed by atoms with van der Waals surface area (Å²) in [4.78, 5) is 9.46. The minimum Gasteiger partial charge on any atom is -0.344 e. The van der Waals surface area contributed by atoms with Crippen LogP contribution >= 0.6 is 12.4 Å². The Morgan fingerprint density at radius 3 is 2.33 bits per heavy atom. The maximum absolute atomic E-state index is 4.78. The van der Waals surface area contributed by atoms with Crippen LogP contribution < -0.4 is 6.15 Å². The van der Waals surface area contributed by atoms with Gasteiger partial charge in [-0.25, -0.2) is 9.78 Å². The van der Waals surface area contributed by atoms with Crippen molar-refractivity contribution in [3.05, 3.63) is 0 Å². The lowest BCUT2D eigenvalue weighted by Gasteiger charge is -2.16. The van der Waals surface area contributed by atoms with Crippen LogP contribution in [0.4, 0.5) is 0 Å². The maximum atomic E-state index is 4.78. The van der Waals surface area contributed by atoms with E-state index >= 15 is 0 Å². The lowest BCUT2D eigenvalue weighted by Crippen LogP contribution is -2.15. The minimum absolute atomic E-state index is 0. The van der Waals surface area contributed by atoms with Gasteiger partial charge in [-0.3, -0.25) is 0 Å². The zero-order valence-electron chi connectivity index (χ0n) is 5.63. The summed E-state index contributed by atoms with van der Waals surface area (Å²) in [5, 5.41) is 0. The van der Waals surface area contributed by atoms with Crippen molar-refractivity contribution in [2.45, 2.75) is 25.9 Å². The van der Waals surface area contributed by atoms with Crippen molar-refractivity contribution < 1.29 is 9.78 Å². The summed E-state index contributed by atoms with van der Waals surface area (Å²) in [5.41, 5.74) is 0. The SMILES string of the molecule is CC1CCCOO1.Cl.N. The summed E-state index contributed by atoms with van der Waals surface area (Å²) in [6.07, 6.45) is 2.59. The Balaban J connectivity index is 0. The summed E-state index contributed by atoms with van der Waals surface area (Å²) in [7, 11) is 0. The van der Waals surface area contributed by atoms with Crippen LogP contribution in [0.15, 0.2) is 0 Å². The van der Waals surface area contributed by atoms with E-state index in [-0.39, 0.29) is 18.6 Å². The molecule has 1 aliphatic heterocycles. The van der Waals surface area contributed by atoms with Gasteiger partial charge in [0.05, 0.1) is 12.7 Å². The molecule has 9 heavy (non-hydrogen) atoms. The Labute approximate surface area is 61.6 Å². The summed E-state index contributed by atoms with van der Waals surface area (Å²) in [6.45, 7) is 2.78. The second-order valence-electron chi connectivity index (χ2n) is 1.87. The molecule has 1 fully saturated rings. The van der Waals surface area contributed by atoms with Gasteiger partial charge in [0.1, 0.15) is 0 Å². The van der Waals surface area contributed by atoms with Crippen LogP contribution in [0, 0.1) is 0 Å². The molecule has 3 nitrogen and oxygen atoms in total. The van der Waals surface area contributed by atoms with Gasteiger partial charge < -0.3 is 6.15 Å². The first-order valence-electron chi connectivity index (χ1n) is 2.68. The molecule has 0 spiro atoms. The Hall–Kier alpha value is 0.170. The van der Waals surface area contributed by atoms with Crippen molar-refractivity contribution in [1.29, 1.82) is 0 Å². The molecule has 4 heteroatoms. The highest BCUT2D eigenvalue weighted by Gasteiger charge is 2.07. The zero-order chi connectivity index (χ0) is 5.11. The highest BCUT2D eigenvalue weighted by molar-refractivity contribution is 5.85. The number of rotatable bonds is 0. The second kappa shape index (κ2) is 6.29. The molecule has 1 unspecified atom stereocenters. The Kier molecular flexibility index (Phi) is 8.32. The second-order valence-corrected chi connectivity index (χ2v) is 1.87. The van der Waals surface area contributed by atoms with Gasteiger partial charge in [-0.15, -0.1) is 12.4 Å². The third kappa shape index (κ3) is 4.66. The van der Waals surface area contributed by atoms with E-state index in [0.29, 0.717) is 6.10 Å². The molecule has 1 saturated heterocycles. The fourth-order valence-corrected chi connectivity index (χ4v) is 0.642. The van der Waals surface area contributed by atoms with Crippen molar-refractivity contribution >= 4 is 12.4 Å². The average Bonchev–Trinajstić information content (AvgIpc) is 1.69. The van der Waals surface area contributed by atoms with Crippen LogP contribution in [0.5, 0.6) is 0 Å². The van der Waals surface area contributed by atoms with Crippen LogP contribution in [-0.2, 0) is 9.78 Å². The number of hydrogen-bond acceptors (Lipinski definition) is 3. The average molecular weight is 156 g/mol. The number of hydrogen-bond donors (Lipinski definition) is 1. The third-order valence-electron chi connectivity index (χ3n) is 1.07. The van der Waals surface area contributed by atoms with Gasteiger partial charge in [-0.05, 0) is 19.8 Å². The van der Waals surface area contributed by atoms with Crippen molar-refractivity contribution in [3.63, 3.8) is 0 Å². The van der Waals surface area contributed by atoms with E-state index in [0.717, 1.165) is 19.4 Å². The zero-order valence-corrected chi connectivity index (χ0v) is 6.45. The summed E-state index contributed by atoms with van der Waals surface area (Å²) < 4.78 is 0. The van der Waals surface area contributed by atoms with Crippen molar-refractivity contribution in [3.8, 4) is 0 Å². The van der Waals surface area contributed by atoms with E-state index in [9.17, 15) is 0 Å². The monoisotopic (exact) mass is 155 g/mol. The summed E-state index contributed by atoms with van der Waals surface area (Å²) >= 11 is 0. The van der Waals surface area contributed by atoms with Crippen molar-refractivity contribution in [2.24, 2.45) is 0 Å². The molecular weight excluding hydrogens is 142 g/mol. The van der Waals surface area contributed by atoms with Crippen molar-refractivity contribution in [2.75, 3.05) is 6.61 Å². The molecule has 0 radical (unpaired) electrons. The molecule has 58 valence electrons. The summed E-state index contributed by atoms with van der Waals surface area (Å²) in [6, 6.07) is 0. The smallest absolute Gasteiger partial charge is 0.0902 e. The molecular formula is C5H14ClNO2. The van der Waals surface area contributed by atoms with Crippen LogP contribution in [0.1, 0.15) is 19.8 Å². The molecule has 0 aliphatic carbocycles. The Morgan fingerprint density at radius 1 is 1.44 bits per heavy atom.